The molecule has 0 unspecified atom stereocenters. The Labute approximate surface area is 151 Å². The third-order valence-corrected chi connectivity index (χ3v) is 4.29. The largest absolute Gasteiger partial charge is 0.361 e. The number of benzene rings is 1. The highest BCUT2D eigenvalue weighted by Crippen LogP contribution is 2.09. The monoisotopic (exact) mass is 392 g/mol. The molecular weight excluding hydrogens is 371 g/mol. The summed E-state index contributed by atoms with van der Waals surface area (Å²) in [5.41, 5.74) is 4.72. The van der Waals surface area contributed by atoms with Crippen molar-refractivity contribution >= 4 is 33.3 Å². The molecule has 1 aromatic carbocycles. The van der Waals surface area contributed by atoms with Gasteiger partial charge >= 0.3 is 0 Å². The van der Waals surface area contributed by atoms with Crippen molar-refractivity contribution in [3.05, 3.63) is 30.1 Å². The second-order valence-corrected chi connectivity index (χ2v) is 7.49. The van der Waals surface area contributed by atoms with Gasteiger partial charge in [0.2, 0.25) is 0 Å². The molecule has 1 amide bonds. The van der Waals surface area contributed by atoms with Gasteiger partial charge in [-0.3, -0.25) is 20.5 Å². The number of hydrogen-bond donors (Lipinski definition) is 4. The van der Waals surface area contributed by atoms with Gasteiger partial charge in [0.25, 0.3) is 15.9 Å². The zero-order valence-corrected chi connectivity index (χ0v) is 15.5. The first-order valence-corrected chi connectivity index (χ1v) is 9.31. The molecule has 0 aliphatic rings. The molecule has 0 spiro atoms. The maximum Gasteiger partial charge on any atom is 0.266 e. The molecule has 0 aliphatic heterocycles. The molecule has 140 valence electrons. The number of nitrogens with one attached hydrogen (secondary N) is 4. The predicted molar refractivity (Wildman–Crippen MR) is 94.0 cm³/mol. The van der Waals surface area contributed by atoms with Gasteiger partial charge in [-0.25, -0.2) is 12.8 Å². The summed E-state index contributed by atoms with van der Waals surface area (Å²) in [5, 5.41) is 3.14. The fraction of sp³-hybridized carbons (Fsp3) is 0.429. The van der Waals surface area contributed by atoms with Crippen molar-refractivity contribution in [1.29, 1.82) is 0 Å². The Morgan fingerprint density at radius 3 is 2.48 bits per heavy atom. The fourth-order valence-corrected chi connectivity index (χ4v) is 2.47. The van der Waals surface area contributed by atoms with Gasteiger partial charge in [0.15, 0.2) is 5.11 Å². The molecule has 1 rings (SSSR count). The summed E-state index contributed by atoms with van der Waals surface area (Å²) in [7, 11) is -4.00. The fourth-order valence-electron chi connectivity index (χ4n) is 1.52. The molecule has 1 aromatic rings. The third kappa shape index (κ3) is 8.72. The minimum Gasteiger partial charge on any atom is -0.361 e. The number of hydrogen-bond acceptors (Lipinski definition) is 5. The minimum atomic E-state index is -4.00. The Bertz CT molecular complexity index is 681. The van der Waals surface area contributed by atoms with Crippen LogP contribution in [0.5, 0.6) is 0 Å². The molecule has 0 bridgehead atoms. The van der Waals surface area contributed by atoms with Crippen LogP contribution in [0.1, 0.15) is 20.3 Å². The van der Waals surface area contributed by atoms with E-state index in [1.165, 1.54) is 0 Å². The van der Waals surface area contributed by atoms with Gasteiger partial charge in [0.05, 0.1) is 4.90 Å². The molecule has 0 fully saturated rings. The van der Waals surface area contributed by atoms with E-state index in [1.54, 1.807) is 4.89 Å². The van der Waals surface area contributed by atoms with E-state index in [-0.39, 0.29) is 10.0 Å². The molecule has 0 atom stereocenters. The smallest absolute Gasteiger partial charge is 0.266 e. The first-order valence-electron chi connectivity index (χ1n) is 7.42. The number of sulfonamides is 1. The highest BCUT2D eigenvalue weighted by Gasteiger charge is 2.15. The van der Waals surface area contributed by atoms with Gasteiger partial charge in [-0.15, -0.1) is 0 Å². The summed E-state index contributed by atoms with van der Waals surface area (Å²) in [6.07, 6.45) is 0.921. The summed E-state index contributed by atoms with van der Waals surface area (Å²) >= 11 is 4.95. The lowest BCUT2D eigenvalue weighted by atomic mass is 10.1. The van der Waals surface area contributed by atoms with E-state index in [2.05, 4.69) is 34.9 Å². The van der Waals surface area contributed by atoms with E-state index >= 15 is 0 Å². The normalized spacial score (nSPS) is 11.2. The zero-order chi connectivity index (χ0) is 18.9. The van der Waals surface area contributed by atoms with E-state index in [0.717, 1.165) is 30.7 Å². The minimum absolute atomic E-state index is 0.192. The van der Waals surface area contributed by atoms with E-state index in [0.29, 0.717) is 12.5 Å². The van der Waals surface area contributed by atoms with E-state index in [9.17, 15) is 17.6 Å². The molecule has 25 heavy (non-hydrogen) atoms. The number of carbonyl (C=O) groups is 1. The number of halogens is 1. The van der Waals surface area contributed by atoms with Gasteiger partial charge in [-0.05, 0) is 48.8 Å². The Hall–Kier alpha value is -1.82. The van der Waals surface area contributed by atoms with Gasteiger partial charge in [0.1, 0.15) is 12.4 Å². The van der Waals surface area contributed by atoms with Gasteiger partial charge in [-0.1, -0.05) is 18.7 Å². The van der Waals surface area contributed by atoms with E-state index in [1.807, 2.05) is 0 Å². The van der Waals surface area contributed by atoms with E-state index in [4.69, 9.17) is 12.2 Å². The third-order valence-electron chi connectivity index (χ3n) is 2.82. The quantitative estimate of drug-likeness (QED) is 0.378. The van der Waals surface area contributed by atoms with Crippen molar-refractivity contribution < 1.29 is 22.4 Å². The first-order chi connectivity index (χ1) is 11.7. The SMILES string of the molecule is CC(C)CCNC(=S)NNC(=O)CONS(=O)(=O)c1ccc(F)cc1. The molecule has 0 aliphatic carbocycles. The Morgan fingerprint density at radius 2 is 1.88 bits per heavy atom. The summed E-state index contributed by atoms with van der Waals surface area (Å²) in [6.45, 7) is 4.23. The first kappa shape index (κ1) is 21.2. The van der Waals surface area contributed by atoms with Crippen LogP contribution in [-0.4, -0.2) is 32.6 Å². The van der Waals surface area contributed by atoms with Crippen LogP contribution in [0.25, 0.3) is 0 Å². The van der Waals surface area contributed by atoms with Crippen molar-refractivity contribution in [1.82, 2.24) is 21.1 Å². The van der Waals surface area contributed by atoms with Crippen molar-refractivity contribution in [2.45, 2.75) is 25.2 Å². The number of rotatable bonds is 8. The van der Waals surface area contributed by atoms with Crippen LogP contribution in [-0.2, 0) is 19.7 Å². The van der Waals surface area contributed by atoms with Crippen LogP contribution in [0.3, 0.4) is 0 Å². The van der Waals surface area contributed by atoms with Gasteiger partial charge in [-0.2, -0.15) is 0 Å². The molecule has 0 heterocycles. The number of hydrazine groups is 1. The summed E-state index contributed by atoms with van der Waals surface area (Å²) < 4.78 is 36.4. The molecule has 4 N–H and O–H groups in total. The maximum atomic E-state index is 12.8. The van der Waals surface area contributed by atoms with Crippen molar-refractivity contribution in [2.24, 2.45) is 5.92 Å². The molecule has 0 aromatic heterocycles. The Kier molecular flexibility index (Phi) is 8.69. The second-order valence-electron chi connectivity index (χ2n) is 5.44. The topological polar surface area (TPSA) is 109 Å². The van der Waals surface area contributed by atoms with Crippen LogP contribution >= 0.6 is 12.2 Å². The molecule has 0 radical (unpaired) electrons. The second kappa shape index (κ2) is 10.2. The lowest BCUT2D eigenvalue weighted by Crippen LogP contribution is -2.48. The molecule has 0 saturated heterocycles. The predicted octanol–water partition coefficient (Wildman–Crippen LogP) is 0.577. The van der Waals surface area contributed by atoms with Crippen LogP contribution in [0.4, 0.5) is 4.39 Å². The highest BCUT2D eigenvalue weighted by atomic mass is 32.2. The Morgan fingerprint density at radius 1 is 1.24 bits per heavy atom. The maximum absolute atomic E-state index is 12.8. The number of amides is 1. The average molecular weight is 392 g/mol. The lowest BCUT2D eigenvalue weighted by molar-refractivity contribution is -0.127. The number of thiocarbonyl (C=S) groups is 1. The van der Waals surface area contributed by atoms with Crippen LogP contribution in [0, 0.1) is 11.7 Å². The standard InChI is InChI=1S/C14H21FN4O4S2/c1-10(2)7-8-16-14(24)18-17-13(20)9-23-19-25(21,22)12-5-3-11(15)4-6-12/h3-6,10,19H,7-9H2,1-2H3,(H,17,20)(H2,16,18,24). The van der Waals surface area contributed by atoms with Crippen LogP contribution in [0.15, 0.2) is 29.2 Å². The molecule has 0 saturated carbocycles. The Balaban J connectivity index is 2.28. The van der Waals surface area contributed by atoms with Crippen molar-refractivity contribution in [2.75, 3.05) is 13.2 Å². The van der Waals surface area contributed by atoms with Crippen LogP contribution in [0.2, 0.25) is 0 Å². The lowest BCUT2D eigenvalue weighted by Gasteiger charge is -2.12. The zero-order valence-electron chi connectivity index (χ0n) is 13.8. The average Bonchev–Trinajstić information content (AvgIpc) is 2.53. The van der Waals surface area contributed by atoms with Gasteiger partial charge < -0.3 is 5.32 Å². The summed E-state index contributed by atoms with van der Waals surface area (Å²) in [4.78, 5) is 17.7. The molecule has 11 heteroatoms. The number of carbonyl (C=O) groups excluding carboxylic acids is 1. The summed E-state index contributed by atoms with van der Waals surface area (Å²) in [6, 6.07) is 4.14. The highest BCUT2D eigenvalue weighted by molar-refractivity contribution is 7.89. The van der Waals surface area contributed by atoms with Crippen LogP contribution < -0.4 is 21.1 Å². The van der Waals surface area contributed by atoms with E-state index < -0.39 is 28.4 Å². The van der Waals surface area contributed by atoms with Gasteiger partial charge in [0, 0.05) is 6.54 Å². The molecule has 8 nitrogen and oxygen atoms in total. The summed E-state index contributed by atoms with van der Waals surface area (Å²) in [5.74, 6) is -0.689. The van der Waals surface area contributed by atoms with Crippen molar-refractivity contribution in [3.8, 4) is 0 Å². The van der Waals surface area contributed by atoms with Crippen molar-refractivity contribution in [3.63, 3.8) is 0 Å². The molecular formula is C14H21FN4O4S2.